The van der Waals surface area contributed by atoms with Gasteiger partial charge in [0.25, 0.3) is 0 Å². The van der Waals surface area contributed by atoms with E-state index in [1.807, 2.05) is 6.07 Å². The van der Waals surface area contributed by atoms with E-state index in [1.54, 1.807) is 12.1 Å². The van der Waals surface area contributed by atoms with Crippen molar-refractivity contribution in [1.29, 1.82) is 0 Å². The second-order valence-corrected chi connectivity index (χ2v) is 6.32. The minimum atomic E-state index is -3.55. The van der Waals surface area contributed by atoms with E-state index in [2.05, 4.69) is 15.0 Å². The maximum Gasteiger partial charge on any atom is 0.586 e. The van der Waals surface area contributed by atoms with Crippen molar-refractivity contribution in [2.24, 2.45) is 5.92 Å². The molecule has 0 aromatic heterocycles. The van der Waals surface area contributed by atoms with Crippen LogP contribution in [0.1, 0.15) is 30.9 Å². The first-order valence-corrected chi connectivity index (χ1v) is 7.96. The lowest BCUT2D eigenvalue weighted by Gasteiger charge is -2.35. The van der Waals surface area contributed by atoms with Crippen molar-refractivity contribution in [2.75, 3.05) is 26.2 Å². The fourth-order valence-electron chi connectivity index (χ4n) is 3.39. The summed E-state index contributed by atoms with van der Waals surface area (Å²) in [5, 5.41) is 3.34. The summed E-state index contributed by atoms with van der Waals surface area (Å²) in [5.74, 6) is 1.08. The Morgan fingerprint density at radius 2 is 1.88 bits per heavy atom. The number of hydrogen-bond acceptors (Lipinski definition) is 4. The Balaban J connectivity index is 0.00000104. The lowest BCUT2D eigenvalue weighted by atomic mass is 9.97. The van der Waals surface area contributed by atoms with E-state index in [9.17, 15) is 8.78 Å². The SMILES string of the molecule is Cl.Cl.FC1(F)Oc2cccc([C@H](CC3CC3)N3CCNCC3)c2O1. The van der Waals surface area contributed by atoms with Crippen molar-refractivity contribution in [3.63, 3.8) is 0 Å². The van der Waals surface area contributed by atoms with Gasteiger partial charge in [0.05, 0.1) is 0 Å². The normalized spacial score (nSPS) is 23.1. The molecule has 8 heteroatoms. The maximum atomic E-state index is 13.4. The molecule has 1 saturated heterocycles. The third-order valence-electron chi connectivity index (χ3n) is 4.66. The van der Waals surface area contributed by atoms with Crippen LogP contribution in [-0.2, 0) is 0 Å². The molecule has 2 fully saturated rings. The van der Waals surface area contributed by atoms with E-state index in [4.69, 9.17) is 4.74 Å². The average Bonchev–Trinajstić information content (AvgIpc) is 3.26. The summed E-state index contributed by atoms with van der Waals surface area (Å²) in [6.45, 7) is 3.73. The van der Waals surface area contributed by atoms with Gasteiger partial charge in [-0.25, -0.2) is 0 Å². The second kappa shape index (κ2) is 7.60. The molecule has 4 nitrogen and oxygen atoms in total. The number of hydrogen-bond donors (Lipinski definition) is 1. The number of nitrogens with zero attached hydrogens (tertiary/aromatic N) is 1. The Bertz CT molecular complexity index is 567. The minimum absolute atomic E-state index is 0. The molecule has 4 rings (SSSR count). The molecule has 136 valence electrons. The van der Waals surface area contributed by atoms with Gasteiger partial charge in [0.2, 0.25) is 0 Å². The zero-order valence-electron chi connectivity index (χ0n) is 13.2. The van der Waals surface area contributed by atoms with Crippen LogP contribution in [0.15, 0.2) is 18.2 Å². The number of fused-ring (bicyclic) bond motifs is 1. The highest BCUT2D eigenvalue weighted by Gasteiger charge is 2.46. The molecule has 2 heterocycles. The van der Waals surface area contributed by atoms with Crippen LogP contribution < -0.4 is 14.8 Å². The zero-order chi connectivity index (χ0) is 15.2. The minimum Gasteiger partial charge on any atom is -0.395 e. The van der Waals surface area contributed by atoms with Crippen LogP contribution in [0.5, 0.6) is 11.5 Å². The third-order valence-corrected chi connectivity index (χ3v) is 4.66. The van der Waals surface area contributed by atoms with Crippen molar-refractivity contribution in [1.82, 2.24) is 10.2 Å². The average molecular weight is 383 g/mol. The van der Waals surface area contributed by atoms with Gasteiger partial charge in [0, 0.05) is 37.8 Å². The van der Waals surface area contributed by atoms with Gasteiger partial charge in [0.15, 0.2) is 11.5 Å². The summed E-state index contributed by atoms with van der Waals surface area (Å²) >= 11 is 0. The number of benzene rings is 1. The Labute approximate surface area is 152 Å². The van der Waals surface area contributed by atoms with Gasteiger partial charge in [-0.15, -0.1) is 33.6 Å². The van der Waals surface area contributed by atoms with Crippen LogP contribution >= 0.6 is 24.8 Å². The second-order valence-electron chi connectivity index (χ2n) is 6.32. The van der Waals surface area contributed by atoms with Gasteiger partial charge in [-0.05, 0) is 18.4 Å². The van der Waals surface area contributed by atoms with E-state index in [-0.39, 0.29) is 42.4 Å². The van der Waals surface area contributed by atoms with Crippen LogP contribution in [0.2, 0.25) is 0 Å². The molecule has 3 aliphatic rings. The molecule has 0 spiro atoms. The molecule has 1 saturated carbocycles. The molecule has 1 aromatic carbocycles. The quantitative estimate of drug-likeness (QED) is 0.862. The molecule has 0 amide bonds. The fourth-order valence-corrected chi connectivity index (χ4v) is 3.39. The number of rotatable bonds is 4. The first kappa shape index (κ1) is 19.5. The van der Waals surface area contributed by atoms with E-state index >= 15 is 0 Å². The van der Waals surface area contributed by atoms with Gasteiger partial charge in [-0.2, -0.15) is 0 Å². The first-order chi connectivity index (χ1) is 10.6. The van der Waals surface area contributed by atoms with Gasteiger partial charge < -0.3 is 14.8 Å². The van der Waals surface area contributed by atoms with Crippen LogP contribution in [-0.4, -0.2) is 37.4 Å². The molecule has 0 bridgehead atoms. The predicted octanol–water partition coefficient (Wildman–Crippen LogP) is 3.60. The van der Waals surface area contributed by atoms with Gasteiger partial charge >= 0.3 is 6.29 Å². The Morgan fingerprint density at radius 3 is 2.54 bits per heavy atom. The van der Waals surface area contributed by atoms with Crippen molar-refractivity contribution < 1.29 is 18.3 Å². The maximum absolute atomic E-state index is 13.4. The summed E-state index contributed by atoms with van der Waals surface area (Å²) < 4.78 is 36.3. The van der Waals surface area contributed by atoms with Crippen molar-refractivity contribution >= 4 is 24.8 Å². The Morgan fingerprint density at radius 1 is 1.17 bits per heavy atom. The Kier molecular flexibility index (Phi) is 6.18. The molecule has 1 aromatic rings. The largest absolute Gasteiger partial charge is 0.586 e. The number of piperazine rings is 1. The summed E-state index contributed by atoms with van der Waals surface area (Å²) in [4.78, 5) is 2.38. The van der Waals surface area contributed by atoms with Crippen LogP contribution in [0, 0.1) is 5.92 Å². The van der Waals surface area contributed by atoms with E-state index in [0.717, 1.165) is 38.2 Å². The predicted molar refractivity (Wildman–Crippen MR) is 91.7 cm³/mol. The summed E-state index contributed by atoms with van der Waals surface area (Å²) in [6, 6.07) is 5.35. The van der Waals surface area contributed by atoms with Crippen molar-refractivity contribution in [3.05, 3.63) is 23.8 Å². The summed E-state index contributed by atoms with van der Waals surface area (Å²) in [5.41, 5.74) is 0.837. The number of alkyl halides is 2. The molecule has 1 N–H and O–H groups in total. The molecular weight excluding hydrogens is 361 g/mol. The summed E-state index contributed by atoms with van der Waals surface area (Å²) in [6.07, 6.45) is -0.0618. The molecule has 0 unspecified atom stereocenters. The highest BCUT2D eigenvalue weighted by Crippen LogP contribution is 2.49. The lowest BCUT2D eigenvalue weighted by Crippen LogP contribution is -2.45. The number of halogens is 4. The number of nitrogens with one attached hydrogen (secondary N) is 1. The van der Waals surface area contributed by atoms with Crippen molar-refractivity contribution in [3.8, 4) is 11.5 Å². The third kappa shape index (κ3) is 4.04. The van der Waals surface area contributed by atoms with Gasteiger partial charge in [-0.3, -0.25) is 4.90 Å². The molecule has 0 radical (unpaired) electrons. The highest BCUT2D eigenvalue weighted by molar-refractivity contribution is 5.85. The smallest absolute Gasteiger partial charge is 0.395 e. The number of ether oxygens (including phenoxy) is 2. The van der Waals surface area contributed by atoms with Crippen LogP contribution in [0.25, 0.3) is 0 Å². The van der Waals surface area contributed by atoms with Crippen molar-refractivity contribution in [2.45, 2.75) is 31.6 Å². The van der Waals surface area contributed by atoms with Gasteiger partial charge in [-0.1, -0.05) is 25.0 Å². The lowest BCUT2D eigenvalue weighted by molar-refractivity contribution is -0.287. The Hall–Kier alpha value is -0.820. The molecule has 1 atom stereocenters. The standard InChI is InChI=1S/C16H20F2N2O2.2ClH/c17-16(18)21-14-3-1-2-12(15(14)22-16)13(10-11-4-5-11)20-8-6-19-7-9-20;;/h1-3,11,13,19H,4-10H2;2*1H/t13-;;/m0../s1. The van der Waals surface area contributed by atoms with Crippen LogP contribution in [0.4, 0.5) is 8.78 Å². The highest BCUT2D eigenvalue weighted by atomic mass is 35.5. The van der Waals surface area contributed by atoms with Gasteiger partial charge in [0.1, 0.15) is 0 Å². The molecule has 1 aliphatic carbocycles. The molecule has 24 heavy (non-hydrogen) atoms. The zero-order valence-corrected chi connectivity index (χ0v) is 14.8. The molecule has 2 aliphatic heterocycles. The first-order valence-electron chi connectivity index (χ1n) is 7.96. The molecular formula is C16H22Cl2F2N2O2. The topological polar surface area (TPSA) is 33.7 Å². The van der Waals surface area contributed by atoms with E-state index in [0.29, 0.717) is 5.92 Å². The monoisotopic (exact) mass is 382 g/mol. The van der Waals surface area contributed by atoms with E-state index in [1.165, 1.54) is 12.8 Å². The fraction of sp³-hybridized carbons (Fsp3) is 0.625. The number of para-hydroxylation sites is 1. The summed E-state index contributed by atoms with van der Waals surface area (Å²) in [7, 11) is 0. The van der Waals surface area contributed by atoms with E-state index < -0.39 is 6.29 Å². The van der Waals surface area contributed by atoms with Crippen LogP contribution in [0.3, 0.4) is 0 Å².